The Labute approximate surface area is 154 Å². The molecule has 0 amide bonds. The lowest BCUT2D eigenvalue weighted by Gasteiger charge is -2.10. The lowest BCUT2D eigenvalue weighted by Crippen LogP contribution is -2.27. The molecule has 1 unspecified atom stereocenters. The second kappa shape index (κ2) is 7.21. The van der Waals surface area contributed by atoms with Gasteiger partial charge in [-0.15, -0.1) is 11.3 Å². The number of thiophene rings is 1. The van der Waals surface area contributed by atoms with Gasteiger partial charge >= 0.3 is 5.97 Å². The highest BCUT2D eigenvalue weighted by atomic mass is 32.1. The smallest absolute Gasteiger partial charge is 0.349 e. The Hall–Kier alpha value is -2.80. The monoisotopic (exact) mass is 370 g/mol. The van der Waals surface area contributed by atoms with Crippen LogP contribution in [0.4, 0.5) is 0 Å². The molecule has 1 aromatic carbocycles. The molecule has 6 nitrogen and oxygen atoms in total. The lowest BCUT2D eigenvalue weighted by molar-refractivity contribution is -0.119. The van der Waals surface area contributed by atoms with Crippen LogP contribution in [0.25, 0.3) is 10.2 Å². The molecule has 0 spiro atoms. The number of esters is 1. The molecule has 3 rings (SSSR count). The molecule has 0 aliphatic rings. The lowest BCUT2D eigenvalue weighted by atomic mass is 10.2. The summed E-state index contributed by atoms with van der Waals surface area (Å²) in [6.45, 7) is 4.93. The molecule has 0 radical (unpaired) electrons. The Bertz CT molecular complexity index is 1040. The molecule has 0 saturated heterocycles. The number of ether oxygens (including phenoxy) is 1. The fraction of sp³-hybridized carbons (Fsp3) is 0.263. The van der Waals surface area contributed by atoms with E-state index < -0.39 is 12.0 Å². The third kappa shape index (κ3) is 3.30. The van der Waals surface area contributed by atoms with Crippen LogP contribution < -0.4 is 5.56 Å². The van der Waals surface area contributed by atoms with Crippen molar-refractivity contribution >= 4 is 33.3 Å². The minimum absolute atomic E-state index is 0.136. The molecule has 0 saturated carbocycles. The van der Waals surface area contributed by atoms with Crippen LogP contribution in [-0.2, 0) is 16.1 Å². The zero-order chi connectivity index (χ0) is 18.8. The standard InChI is InChI=1S/C19H18N2O4S/c1-11-15-17(20-10-21(18(15)23)12(2)13(3)22)26-16(11)19(24)25-9-14-7-5-4-6-8-14/h4-8,10,12H,9H2,1-3H3. The van der Waals surface area contributed by atoms with Crippen LogP contribution >= 0.6 is 11.3 Å². The first kappa shape index (κ1) is 18.0. The Morgan fingerprint density at radius 1 is 1.27 bits per heavy atom. The average molecular weight is 370 g/mol. The minimum atomic E-state index is -0.604. The first-order chi connectivity index (χ1) is 12.4. The van der Waals surface area contributed by atoms with Gasteiger partial charge in [0.1, 0.15) is 16.3 Å². The van der Waals surface area contributed by atoms with Gasteiger partial charge < -0.3 is 4.74 Å². The molecule has 26 heavy (non-hydrogen) atoms. The number of rotatable bonds is 5. The van der Waals surface area contributed by atoms with Crippen molar-refractivity contribution < 1.29 is 14.3 Å². The molecule has 0 N–H and O–H groups in total. The van der Waals surface area contributed by atoms with E-state index in [1.165, 1.54) is 17.8 Å². The molecule has 134 valence electrons. The van der Waals surface area contributed by atoms with E-state index in [2.05, 4.69) is 4.98 Å². The highest BCUT2D eigenvalue weighted by molar-refractivity contribution is 7.20. The number of aryl methyl sites for hydroxylation is 1. The number of carbonyl (C=O) groups is 2. The average Bonchev–Trinajstić information content (AvgIpc) is 2.98. The zero-order valence-corrected chi connectivity index (χ0v) is 15.5. The van der Waals surface area contributed by atoms with E-state index in [4.69, 9.17) is 4.74 Å². The van der Waals surface area contributed by atoms with Gasteiger partial charge in [-0.2, -0.15) is 0 Å². The van der Waals surface area contributed by atoms with Crippen LogP contribution in [0.1, 0.15) is 40.7 Å². The van der Waals surface area contributed by atoms with Crippen molar-refractivity contribution in [1.82, 2.24) is 9.55 Å². The summed E-state index contributed by atoms with van der Waals surface area (Å²) < 4.78 is 6.66. The minimum Gasteiger partial charge on any atom is -0.457 e. The summed E-state index contributed by atoms with van der Waals surface area (Å²) in [5.74, 6) is -0.622. The van der Waals surface area contributed by atoms with E-state index in [9.17, 15) is 14.4 Å². The SMILES string of the molecule is CC(=O)C(C)n1cnc2sc(C(=O)OCc3ccccc3)c(C)c2c1=O. The van der Waals surface area contributed by atoms with Crippen molar-refractivity contribution in [3.05, 3.63) is 63.0 Å². The third-order valence-electron chi connectivity index (χ3n) is 4.28. The molecule has 2 heterocycles. The maximum atomic E-state index is 12.7. The van der Waals surface area contributed by atoms with Crippen LogP contribution in [0.5, 0.6) is 0 Å². The van der Waals surface area contributed by atoms with Gasteiger partial charge in [-0.1, -0.05) is 30.3 Å². The van der Waals surface area contributed by atoms with Gasteiger partial charge in [0.05, 0.1) is 17.8 Å². The van der Waals surface area contributed by atoms with Crippen LogP contribution in [0, 0.1) is 6.92 Å². The fourth-order valence-electron chi connectivity index (χ4n) is 2.59. The summed E-state index contributed by atoms with van der Waals surface area (Å²) in [4.78, 5) is 41.8. The first-order valence-electron chi connectivity index (χ1n) is 8.12. The zero-order valence-electron chi connectivity index (χ0n) is 14.7. The van der Waals surface area contributed by atoms with Crippen molar-refractivity contribution in [3.63, 3.8) is 0 Å². The Morgan fingerprint density at radius 2 is 1.96 bits per heavy atom. The van der Waals surface area contributed by atoms with E-state index in [0.717, 1.165) is 16.9 Å². The van der Waals surface area contributed by atoms with Crippen LogP contribution in [0.3, 0.4) is 0 Å². The molecule has 0 aliphatic carbocycles. The number of Topliss-reactive ketones (excluding diaryl/α,β-unsaturated/α-hetero) is 1. The van der Waals surface area contributed by atoms with Gasteiger partial charge in [-0.25, -0.2) is 9.78 Å². The number of hydrogen-bond acceptors (Lipinski definition) is 6. The predicted molar refractivity (Wildman–Crippen MR) is 99.6 cm³/mol. The second-order valence-electron chi connectivity index (χ2n) is 6.04. The summed E-state index contributed by atoms with van der Waals surface area (Å²) in [5.41, 5.74) is 1.09. The molecule has 0 bridgehead atoms. The Kier molecular flexibility index (Phi) is 4.99. The highest BCUT2D eigenvalue weighted by Gasteiger charge is 2.22. The van der Waals surface area contributed by atoms with Gasteiger partial charge in [0.15, 0.2) is 5.78 Å². The maximum Gasteiger partial charge on any atom is 0.349 e. The molecule has 7 heteroatoms. The number of fused-ring (bicyclic) bond motifs is 1. The highest BCUT2D eigenvalue weighted by Crippen LogP contribution is 2.28. The number of nitrogens with zero attached hydrogens (tertiary/aromatic N) is 2. The normalized spacial score (nSPS) is 12.1. The summed E-state index contributed by atoms with van der Waals surface area (Å²) in [6, 6.07) is 8.77. The summed E-state index contributed by atoms with van der Waals surface area (Å²) in [5, 5.41) is 0.359. The molecule has 2 aromatic heterocycles. The molecule has 0 aliphatic heterocycles. The van der Waals surface area contributed by atoms with Gasteiger partial charge in [0.2, 0.25) is 0 Å². The van der Waals surface area contributed by atoms with Crippen LogP contribution in [0.2, 0.25) is 0 Å². The van der Waals surface area contributed by atoms with E-state index in [0.29, 0.717) is 20.7 Å². The maximum absolute atomic E-state index is 12.7. The van der Waals surface area contributed by atoms with Crippen molar-refractivity contribution in [2.24, 2.45) is 0 Å². The van der Waals surface area contributed by atoms with Crippen molar-refractivity contribution in [3.8, 4) is 0 Å². The topological polar surface area (TPSA) is 78.3 Å². The number of benzene rings is 1. The number of ketones is 1. The van der Waals surface area contributed by atoms with E-state index in [-0.39, 0.29) is 17.9 Å². The fourth-order valence-corrected chi connectivity index (χ4v) is 3.63. The predicted octanol–water partition coefficient (Wildman–Crippen LogP) is 3.27. The molecule has 3 aromatic rings. The summed E-state index contributed by atoms with van der Waals surface area (Å²) in [7, 11) is 0. The largest absolute Gasteiger partial charge is 0.457 e. The Balaban J connectivity index is 1.94. The Morgan fingerprint density at radius 3 is 2.62 bits per heavy atom. The summed E-state index contributed by atoms with van der Waals surface area (Å²) in [6.07, 6.45) is 1.35. The van der Waals surface area contributed by atoms with Crippen molar-refractivity contribution in [1.29, 1.82) is 0 Å². The first-order valence-corrected chi connectivity index (χ1v) is 8.93. The number of aromatic nitrogens is 2. The van der Waals surface area contributed by atoms with Crippen molar-refractivity contribution in [2.45, 2.75) is 33.4 Å². The van der Waals surface area contributed by atoms with E-state index in [1.54, 1.807) is 13.8 Å². The van der Waals surface area contributed by atoms with Crippen molar-refractivity contribution in [2.75, 3.05) is 0 Å². The van der Waals surface area contributed by atoms with E-state index in [1.807, 2.05) is 30.3 Å². The second-order valence-corrected chi connectivity index (χ2v) is 7.04. The van der Waals surface area contributed by atoms with E-state index >= 15 is 0 Å². The molecule has 0 fully saturated rings. The van der Waals surface area contributed by atoms with Gasteiger partial charge in [-0.3, -0.25) is 14.2 Å². The van der Waals surface area contributed by atoms with Crippen LogP contribution in [-0.4, -0.2) is 21.3 Å². The summed E-state index contributed by atoms with van der Waals surface area (Å²) >= 11 is 1.13. The van der Waals surface area contributed by atoms with Gasteiger partial charge in [0.25, 0.3) is 5.56 Å². The molecular formula is C19H18N2O4S. The van der Waals surface area contributed by atoms with Gasteiger partial charge in [0, 0.05) is 0 Å². The third-order valence-corrected chi connectivity index (χ3v) is 5.46. The van der Waals surface area contributed by atoms with Crippen LogP contribution in [0.15, 0.2) is 41.5 Å². The number of hydrogen-bond donors (Lipinski definition) is 0. The number of carbonyl (C=O) groups excluding carboxylic acids is 2. The quantitative estimate of drug-likeness (QED) is 0.644. The molecule has 1 atom stereocenters. The van der Waals surface area contributed by atoms with Gasteiger partial charge in [-0.05, 0) is 31.9 Å². The molecular weight excluding hydrogens is 352 g/mol.